The molecule has 0 saturated carbocycles. The molecule has 2 aromatic rings. The van der Waals surface area contributed by atoms with E-state index in [4.69, 9.17) is 22.5 Å². The molecule has 0 spiro atoms. The predicted octanol–water partition coefficient (Wildman–Crippen LogP) is 3.72. The fraction of sp³-hybridized carbons (Fsp3) is 0. The summed E-state index contributed by atoms with van der Waals surface area (Å²) >= 11 is 7.33. The average Bonchev–Trinajstić information content (AvgIpc) is 2.38. The standard InChI is InChI=1S/C13H10ClFN2OS/c14-10-5-2-6-11(12(10)13(16)17-18)19-9-4-1-3-8(15)7-9/h1-7,18H,(H2,16,17). The number of amidine groups is 1. The van der Waals surface area contributed by atoms with Crippen LogP contribution < -0.4 is 5.73 Å². The Bertz CT molecular complexity index is 634. The van der Waals surface area contributed by atoms with Crippen molar-refractivity contribution in [1.29, 1.82) is 0 Å². The molecule has 0 aliphatic rings. The van der Waals surface area contributed by atoms with Gasteiger partial charge in [0.05, 0.1) is 10.6 Å². The number of hydrogen-bond acceptors (Lipinski definition) is 3. The van der Waals surface area contributed by atoms with Crippen molar-refractivity contribution in [2.75, 3.05) is 0 Å². The zero-order valence-corrected chi connectivity index (χ0v) is 11.2. The predicted molar refractivity (Wildman–Crippen MR) is 74.5 cm³/mol. The highest BCUT2D eigenvalue weighted by Gasteiger charge is 2.12. The van der Waals surface area contributed by atoms with E-state index in [1.165, 1.54) is 23.9 Å². The minimum Gasteiger partial charge on any atom is -0.409 e. The van der Waals surface area contributed by atoms with Gasteiger partial charge in [-0.1, -0.05) is 40.7 Å². The highest BCUT2D eigenvalue weighted by Crippen LogP contribution is 2.33. The lowest BCUT2D eigenvalue weighted by atomic mass is 10.2. The number of nitrogens with zero attached hydrogens (tertiary/aromatic N) is 1. The Morgan fingerprint density at radius 1 is 1.26 bits per heavy atom. The lowest BCUT2D eigenvalue weighted by Crippen LogP contribution is -2.14. The van der Waals surface area contributed by atoms with Crippen LogP contribution in [0.5, 0.6) is 0 Å². The minimum atomic E-state index is -0.322. The number of oxime groups is 1. The molecular formula is C13H10ClFN2OS. The molecule has 0 unspecified atom stereocenters. The zero-order valence-electron chi connectivity index (χ0n) is 9.68. The molecule has 0 aromatic heterocycles. The van der Waals surface area contributed by atoms with Crippen LogP contribution in [-0.2, 0) is 0 Å². The van der Waals surface area contributed by atoms with Crippen LogP contribution in [0.15, 0.2) is 57.4 Å². The molecular weight excluding hydrogens is 287 g/mol. The van der Waals surface area contributed by atoms with Crippen molar-refractivity contribution in [2.24, 2.45) is 10.9 Å². The summed E-state index contributed by atoms with van der Waals surface area (Å²) in [6, 6.07) is 11.3. The normalized spacial score (nSPS) is 11.6. The first kappa shape index (κ1) is 13.7. The van der Waals surface area contributed by atoms with Crippen LogP contribution in [0.25, 0.3) is 0 Å². The largest absolute Gasteiger partial charge is 0.409 e. The maximum Gasteiger partial charge on any atom is 0.172 e. The summed E-state index contributed by atoms with van der Waals surface area (Å²) in [6.45, 7) is 0. The molecule has 0 heterocycles. The number of halogens is 2. The van der Waals surface area contributed by atoms with Gasteiger partial charge in [0.2, 0.25) is 0 Å². The van der Waals surface area contributed by atoms with E-state index < -0.39 is 0 Å². The first-order chi connectivity index (χ1) is 9.11. The molecule has 0 saturated heterocycles. The van der Waals surface area contributed by atoms with Crippen LogP contribution in [0, 0.1) is 5.82 Å². The molecule has 3 N–H and O–H groups in total. The van der Waals surface area contributed by atoms with E-state index in [1.807, 2.05) is 0 Å². The molecule has 0 radical (unpaired) electrons. The summed E-state index contributed by atoms with van der Waals surface area (Å²) in [7, 11) is 0. The van der Waals surface area contributed by atoms with Gasteiger partial charge in [-0.3, -0.25) is 0 Å². The molecule has 2 rings (SSSR count). The first-order valence-corrected chi connectivity index (χ1v) is 6.51. The third-order valence-electron chi connectivity index (χ3n) is 2.36. The van der Waals surface area contributed by atoms with Gasteiger partial charge < -0.3 is 10.9 Å². The Labute approximate surface area is 118 Å². The van der Waals surface area contributed by atoms with E-state index in [2.05, 4.69) is 5.16 Å². The third kappa shape index (κ3) is 3.19. The Kier molecular flexibility index (Phi) is 4.29. The van der Waals surface area contributed by atoms with Crippen LogP contribution in [0.2, 0.25) is 5.02 Å². The summed E-state index contributed by atoms with van der Waals surface area (Å²) in [5.41, 5.74) is 6.04. The van der Waals surface area contributed by atoms with Crippen molar-refractivity contribution in [2.45, 2.75) is 9.79 Å². The molecule has 6 heteroatoms. The fourth-order valence-corrected chi connectivity index (χ4v) is 2.91. The lowest BCUT2D eigenvalue weighted by molar-refractivity contribution is 0.318. The second-order valence-corrected chi connectivity index (χ2v) is 5.18. The highest BCUT2D eigenvalue weighted by atomic mass is 35.5. The molecule has 3 nitrogen and oxygen atoms in total. The summed E-state index contributed by atoms with van der Waals surface area (Å²) in [5, 5.41) is 12.1. The fourth-order valence-electron chi connectivity index (χ4n) is 1.55. The van der Waals surface area contributed by atoms with Crippen molar-refractivity contribution in [3.05, 3.63) is 58.9 Å². The van der Waals surface area contributed by atoms with Crippen molar-refractivity contribution in [3.8, 4) is 0 Å². The second kappa shape index (κ2) is 5.95. The van der Waals surface area contributed by atoms with Gasteiger partial charge in [0.25, 0.3) is 0 Å². The lowest BCUT2D eigenvalue weighted by Gasteiger charge is -2.09. The molecule has 0 bridgehead atoms. The SMILES string of the molecule is NC(=NO)c1c(Cl)cccc1Sc1cccc(F)c1. The first-order valence-electron chi connectivity index (χ1n) is 5.31. The maximum atomic E-state index is 13.1. The van der Waals surface area contributed by atoms with Crippen LogP contribution in [0.1, 0.15) is 5.56 Å². The third-order valence-corrected chi connectivity index (χ3v) is 3.73. The van der Waals surface area contributed by atoms with Crippen LogP contribution in [0.3, 0.4) is 0 Å². The van der Waals surface area contributed by atoms with Crippen LogP contribution in [0.4, 0.5) is 4.39 Å². The average molecular weight is 297 g/mol. The smallest absolute Gasteiger partial charge is 0.172 e. The van der Waals surface area contributed by atoms with Gasteiger partial charge in [0.1, 0.15) is 5.82 Å². The Balaban J connectivity index is 2.43. The zero-order chi connectivity index (χ0) is 13.8. The van der Waals surface area contributed by atoms with E-state index in [0.29, 0.717) is 20.4 Å². The van der Waals surface area contributed by atoms with Crippen molar-refractivity contribution in [3.63, 3.8) is 0 Å². The molecule has 0 aliphatic heterocycles. The summed E-state index contributed by atoms with van der Waals surface area (Å²) in [5.74, 6) is -0.401. The number of benzene rings is 2. The molecule has 19 heavy (non-hydrogen) atoms. The second-order valence-electron chi connectivity index (χ2n) is 3.66. The van der Waals surface area contributed by atoms with Gasteiger partial charge in [0.15, 0.2) is 5.84 Å². The van der Waals surface area contributed by atoms with Crippen molar-refractivity contribution < 1.29 is 9.60 Å². The topological polar surface area (TPSA) is 58.6 Å². The Hall–Kier alpha value is -1.72. The molecule has 98 valence electrons. The maximum absolute atomic E-state index is 13.1. The molecule has 0 amide bonds. The molecule has 0 atom stereocenters. The highest BCUT2D eigenvalue weighted by molar-refractivity contribution is 7.99. The summed E-state index contributed by atoms with van der Waals surface area (Å²) in [6.07, 6.45) is 0. The molecule has 0 aliphatic carbocycles. The van der Waals surface area contributed by atoms with Crippen molar-refractivity contribution in [1.82, 2.24) is 0 Å². The van der Waals surface area contributed by atoms with E-state index in [0.717, 1.165) is 0 Å². The van der Waals surface area contributed by atoms with E-state index in [1.54, 1.807) is 30.3 Å². The van der Waals surface area contributed by atoms with Gasteiger partial charge >= 0.3 is 0 Å². The molecule has 0 fully saturated rings. The quantitative estimate of drug-likeness (QED) is 0.393. The van der Waals surface area contributed by atoms with E-state index in [9.17, 15) is 4.39 Å². The monoisotopic (exact) mass is 296 g/mol. The van der Waals surface area contributed by atoms with Gasteiger partial charge in [-0.05, 0) is 30.3 Å². The Morgan fingerprint density at radius 3 is 2.68 bits per heavy atom. The number of hydrogen-bond donors (Lipinski definition) is 2. The summed E-state index contributed by atoms with van der Waals surface area (Å²) < 4.78 is 13.1. The van der Waals surface area contributed by atoms with Gasteiger partial charge in [0, 0.05) is 9.79 Å². The Morgan fingerprint density at radius 2 is 2.00 bits per heavy atom. The summed E-state index contributed by atoms with van der Waals surface area (Å²) in [4.78, 5) is 1.39. The number of nitrogens with two attached hydrogens (primary N) is 1. The van der Waals surface area contributed by atoms with E-state index in [-0.39, 0.29) is 11.7 Å². The van der Waals surface area contributed by atoms with Gasteiger partial charge in [-0.2, -0.15) is 0 Å². The molecule has 2 aromatic carbocycles. The van der Waals surface area contributed by atoms with Crippen LogP contribution >= 0.6 is 23.4 Å². The van der Waals surface area contributed by atoms with Crippen LogP contribution in [-0.4, -0.2) is 11.0 Å². The number of rotatable bonds is 3. The van der Waals surface area contributed by atoms with E-state index >= 15 is 0 Å². The van der Waals surface area contributed by atoms with Gasteiger partial charge in [-0.25, -0.2) is 4.39 Å². The minimum absolute atomic E-state index is 0.0792. The van der Waals surface area contributed by atoms with Gasteiger partial charge in [-0.15, -0.1) is 0 Å². The van der Waals surface area contributed by atoms with Crippen molar-refractivity contribution >= 4 is 29.2 Å².